The lowest BCUT2D eigenvalue weighted by Gasteiger charge is -2.20. The largest absolute Gasteiger partial charge is 0.314 e. The maximum atomic E-state index is 13.6. The summed E-state index contributed by atoms with van der Waals surface area (Å²) in [5, 5.41) is 3.42. The molecule has 0 bridgehead atoms. The minimum atomic E-state index is -0.0970. The van der Waals surface area contributed by atoms with Crippen LogP contribution in [0.15, 0.2) is 24.3 Å². The van der Waals surface area contributed by atoms with E-state index in [9.17, 15) is 4.39 Å². The normalized spacial score (nSPS) is 13.0. The van der Waals surface area contributed by atoms with Gasteiger partial charge in [-0.1, -0.05) is 25.1 Å². The van der Waals surface area contributed by atoms with Gasteiger partial charge in [0.1, 0.15) is 5.82 Å². The van der Waals surface area contributed by atoms with Gasteiger partial charge in [0, 0.05) is 6.04 Å². The molecule has 96 valence electrons. The average molecular weight is 238 g/mol. The van der Waals surface area contributed by atoms with E-state index in [1.807, 2.05) is 12.1 Å². The molecule has 0 radical (unpaired) electrons. The summed E-state index contributed by atoms with van der Waals surface area (Å²) < 4.78 is 13.6. The number of hydrogen-bond acceptors (Lipinski definition) is 2. The molecule has 1 aromatic carbocycles. The second kappa shape index (κ2) is 7.41. The van der Waals surface area contributed by atoms with Crippen molar-refractivity contribution in [1.29, 1.82) is 0 Å². The molecule has 1 atom stereocenters. The lowest BCUT2D eigenvalue weighted by Crippen LogP contribution is -2.34. The van der Waals surface area contributed by atoms with E-state index in [0.717, 1.165) is 31.5 Å². The number of halogens is 1. The molecule has 0 fully saturated rings. The maximum Gasteiger partial charge on any atom is 0.126 e. The van der Waals surface area contributed by atoms with Crippen LogP contribution >= 0.6 is 0 Å². The van der Waals surface area contributed by atoms with Gasteiger partial charge < -0.3 is 10.2 Å². The highest BCUT2D eigenvalue weighted by Gasteiger charge is 2.11. The average Bonchev–Trinajstić information content (AvgIpc) is 2.29. The van der Waals surface area contributed by atoms with Crippen molar-refractivity contribution in [2.75, 3.05) is 27.2 Å². The van der Waals surface area contributed by atoms with Gasteiger partial charge in [0.25, 0.3) is 0 Å². The minimum Gasteiger partial charge on any atom is -0.314 e. The summed E-state index contributed by atoms with van der Waals surface area (Å²) >= 11 is 0. The zero-order valence-electron chi connectivity index (χ0n) is 11.0. The first-order valence-electron chi connectivity index (χ1n) is 6.25. The Morgan fingerprint density at radius 2 is 2.00 bits per heavy atom. The highest BCUT2D eigenvalue weighted by atomic mass is 19.1. The number of hydrogen-bond donors (Lipinski definition) is 1. The standard InChI is InChI=1S/C14H23FN2/c1-4-16-13(9-10-17(2)3)11-12-7-5-6-8-14(12)15/h5-8,13,16H,4,9-11H2,1-3H3. The Labute approximate surface area is 104 Å². The maximum absolute atomic E-state index is 13.6. The first-order valence-corrected chi connectivity index (χ1v) is 6.25. The second-order valence-electron chi connectivity index (χ2n) is 4.64. The number of nitrogens with zero attached hydrogens (tertiary/aromatic N) is 1. The predicted octanol–water partition coefficient (Wildman–Crippen LogP) is 2.30. The molecule has 0 spiro atoms. The zero-order valence-corrected chi connectivity index (χ0v) is 11.0. The van der Waals surface area contributed by atoms with E-state index < -0.39 is 0 Å². The van der Waals surface area contributed by atoms with Crippen LogP contribution in [-0.4, -0.2) is 38.1 Å². The number of nitrogens with one attached hydrogen (secondary N) is 1. The van der Waals surface area contributed by atoms with Crippen LogP contribution in [0.3, 0.4) is 0 Å². The van der Waals surface area contributed by atoms with E-state index in [1.54, 1.807) is 6.07 Å². The van der Waals surface area contributed by atoms with Gasteiger partial charge >= 0.3 is 0 Å². The van der Waals surface area contributed by atoms with E-state index in [1.165, 1.54) is 6.07 Å². The Kier molecular flexibility index (Phi) is 6.16. The Hall–Kier alpha value is -0.930. The van der Waals surface area contributed by atoms with Crippen molar-refractivity contribution in [3.05, 3.63) is 35.6 Å². The van der Waals surface area contributed by atoms with Gasteiger partial charge in [0.05, 0.1) is 0 Å². The summed E-state index contributed by atoms with van der Waals surface area (Å²) in [6.07, 6.45) is 1.80. The molecule has 1 aromatic rings. The lowest BCUT2D eigenvalue weighted by molar-refractivity contribution is 0.357. The van der Waals surface area contributed by atoms with Crippen LogP contribution in [0.4, 0.5) is 4.39 Å². The first-order chi connectivity index (χ1) is 8.13. The number of likely N-dealkylation sites (N-methyl/N-ethyl adjacent to an activating group) is 1. The fraction of sp³-hybridized carbons (Fsp3) is 0.571. The van der Waals surface area contributed by atoms with Gasteiger partial charge in [-0.2, -0.15) is 0 Å². The number of rotatable bonds is 7. The summed E-state index contributed by atoms with van der Waals surface area (Å²) in [6, 6.07) is 7.38. The summed E-state index contributed by atoms with van der Waals surface area (Å²) in [5.74, 6) is -0.0970. The van der Waals surface area contributed by atoms with E-state index in [0.29, 0.717) is 6.04 Å². The third-order valence-electron chi connectivity index (χ3n) is 2.84. The van der Waals surface area contributed by atoms with Crippen LogP contribution in [-0.2, 0) is 6.42 Å². The molecule has 0 saturated carbocycles. The molecule has 1 rings (SSSR count). The molecule has 0 heterocycles. The summed E-state index contributed by atoms with van der Waals surface area (Å²) in [6.45, 7) is 4.03. The second-order valence-corrected chi connectivity index (χ2v) is 4.64. The van der Waals surface area contributed by atoms with Gasteiger partial charge in [0.15, 0.2) is 0 Å². The minimum absolute atomic E-state index is 0.0970. The quantitative estimate of drug-likeness (QED) is 0.784. The highest BCUT2D eigenvalue weighted by molar-refractivity contribution is 5.18. The Morgan fingerprint density at radius 3 is 2.59 bits per heavy atom. The topological polar surface area (TPSA) is 15.3 Å². The van der Waals surface area contributed by atoms with Gasteiger partial charge in [0.2, 0.25) is 0 Å². The van der Waals surface area contributed by atoms with E-state index >= 15 is 0 Å². The molecule has 1 unspecified atom stereocenters. The number of benzene rings is 1. The van der Waals surface area contributed by atoms with Crippen molar-refractivity contribution in [2.45, 2.75) is 25.8 Å². The van der Waals surface area contributed by atoms with Crippen molar-refractivity contribution in [2.24, 2.45) is 0 Å². The Bertz CT molecular complexity index is 326. The first kappa shape index (κ1) is 14.1. The smallest absolute Gasteiger partial charge is 0.126 e. The molecular weight excluding hydrogens is 215 g/mol. The third-order valence-corrected chi connectivity index (χ3v) is 2.84. The molecule has 0 amide bonds. The molecule has 2 nitrogen and oxygen atoms in total. The van der Waals surface area contributed by atoms with Crippen molar-refractivity contribution >= 4 is 0 Å². The van der Waals surface area contributed by atoms with Gasteiger partial charge in [-0.05, 0) is 51.7 Å². The molecule has 1 N–H and O–H groups in total. The summed E-state index contributed by atoms with van der Waals surface area (Å²) in [5.41, 5.74) is 0.803. The fourth-order valence-electron chi connectivity index (χ4n) is 1.91. The SMILES string of the molecule is CCNC(CCN(C)C)Cc1ccccc1F. The monoisotopic (exact) mass is 238 g/mol. The summed E-state index contributed by atoms with van der Waals surface area (Å²) in [7, 11) is 4.12. The van der Waals surface area contributed by atoms with E-state index in [4.69, 9.17) is 0 Å². The van der Waals surface area contributed by atoms with Crippen LogP contribution in [0.25, 0.3) is 0 Å². The molecule has 0 aliphatic heterocycles. The third kappa shape index (κ3) is 5.29. The van der Waals surface area contributed by atoms with Gasteiger partial charge in [-0.25, -0.2) is 4.39 Å². The van der Waals surface area contributed by atoms with E-state index in [-0.39, 0.29) is 5.82 Å². The fourth-order valence-corrected chi connectivity index (χ4v) is 1.91. The molecule has 3 heteroatoms. The molecule has 0 aliphatic carbocycles. The van der Waals surface area contributed by atoms with Crippen molar-refractivity contribution in [1.82, 2.24) is 10.2 Å². The highest BCUT2D eigenvalue weighted by Crippen LogP contribution is 2.11. The van der Waals surface area contributed by atoms with Crippen LogP contribution < -0.4 is 5.32 Å². The predicted molar refractivity (Wildman–Crippen MR) is 70.7 cm³/mol. The van der Waals surface area contributed by atoms with Crippen LogP contribution in [0.2, 0.25) is 0 Å². The van der Waals surface area contributed by atoms with Gasteiger partial charge in [-0.15, -0.1) is 0 Å². The van der Waals surface area contributed by atoms with Crippen LogP contribution in [0.1, 0.15) is 18.9 Å². The van der Waals surface area contributed by atoms with Crippen LogP contribution in [0.5, 0.6) is 0 Å². The molecule has 17 heavy (non-hydrogen) atoms. The van der Waals surface area contributed by atoms with Crippen molar-refractivity contribution in [3.8, 4) is 0 Å². The Morgan fingerprint density at radius 1 is 1.29 bits per heavy atom. The molecule has 0 aromatic heterocycles. The van der Waals surface area contributed by atoms with Crippen molar-refractivity contribution in [3.63, 3.8) is 0 Å². The molecule has 0 saturated heterocycles. The zero-order chi connectivity index (χ0) is 12.7. The van der Waals surface area contributed by atoms with Crippen LogP contribution in [0, 0.1) is 5.82 Å². The lowest BCUT2D eigenvalue weighted by atomic mass is 10.0. The molecular formula is C14H23FN2. The van der Waals surface area contributed by atoms with E-state index in [2.05, 4.69) is 31.2 Å². The Balaban J connectivity index is 2.56. The molecule has 0 aliphatic rings. The summed E-state index contributed by atoms with van der Waals surface area (Å²) in [4.78, 5) is 2.16. The van der Waals surface area contributed by atoms with Gasteiger partial charge in [-0.3, -0.25) is 0 Å². The van der Waals surface area contributed by atoms with Crippen molar-refractivity contribution < 1.29 is 4.39 Å².